The number of amides is 1. The molecule has 4 heteroatoms. The summed E-state index contributed by atoms with van der Waals surface area (Å²) in [5.41, 5.74) is 1.10. The molecule has 0 aromatic carbocycles. The molecule has 1 aromatic rings. The van der Waals surface area contributed by atoms with Crippen LogP contribution in [0, 0.1) is 11.3 Å². The Morgan fingerprint density at radius 3 is 2.88 bits per heavy atom. The van der Waals surface area contributed by atoms with Gasteiger partial charge in [-0.15, -0.1) is 0 Å². The van der Waals surface area contributed by atoms with Crippen LogP contribution >= 0.6 is 11.3 Å². The van der Waals surface area contributed by atoms with Gasteiger partial charge in [0.15, 0.2) is 0 Å². The van der Waals surface area contributed by atoms with Crippen molar-refractivity contribution in [3.05, 3.63) is 28.0 Å². The summed E-state index contributed by atoms with van der Waals surface area (Å²) >= 11 is 1.55. The molecule has 1 N–H and O–H groups in total. The third-order valence-corrected chi connectivity index (χ3v) is 3.61. The van der Waals surface area contributed by atoms with Gasteiger partial charge in [-0.2, -0.15) is 16.6 Å². The highest BCUT2D eigenvalue weighted by molar-refractivity contribution is 7.08. The van der Waals surface area contributed by atoms with Crippen LogP contribution < -0.4 is 5.32 Å². The van der Waals surface area contributed by atoms with E-state index in [0.717, 1.165) is 18.4 Å². The fourth-order valence-electron chi connectivity index (χ4n) is 2.01. The lowest BCUT2D eigenvalue weighted by atomic mass is 10.1. The second-order valence-electron chi connectivity index (χ2n) is 4.18. The average molecular weight is 246 g/mol. The zero-order chi connectivity index (χ0) is 12.1. The highest BCUT2D eigenvalue weighted by Crippen LogP contribution is 2.18. The third kappa shape index (κ3) is 3.18. The number of thiophene rings is 1. The standard InChI is InChI=1S/C13H14N2OS/c14-8-11(7-10-5-6-17-9-10)13(16)15-12-3-1-2-4-12/h5-7,9,12H,1-4H2,(H,15,16)/b11-7-. The van der Waals surface area contributed by atoms with Crippen LogP contribution in [0.25, 0.3) is 6.08 Å². The molecular weight excluding hydrogens is 232 g/mol. The van der Waals surface area contributed by atoms with E-state index in [1.54, 1.807) is 17.4 Å². The van der Waals surface area contributed by atoms with Crippen molar-refractivity contribution in [3.8, 4) is 6.07 Å². The molecule has 0 spiro atoms. The first kappa shape index (κ1) is 11.9. The number of hydrogen-bond donors (Lipinski definition) is 1. The van der Waals surface area contributed by atoms with Crippen molar-refractivity contribution in [2.75, 3.05) is 0 Å². The number of rotatable bonds is 3. The summed E-state index contributed by atoms with van der Waals surface area (Å²) in [5.74, 6) is -0.245. The highest BCUT2D eigenvalue weighted by atomic mass is 32.1. The Kier molecular flexibility index (Phi) is 3.94. The van der Waals surface area contributed by atoms with Crippen LogP contribution in [0.15, 0.2) is 22.4 Å². The molecule has 0 atom stereocenters. The second-order valence-corrected chi connectivity index (χ2v) is 4.96. The van der Waals surface area contributed by atoms with Crippen molar-refractivity contribution in [1.82, 2.24) is 5.32 Å². The molecule has 2 rings (SSSR count). The van der Waals surface area contributed by atoms with E-state index in [1.807, 2.05) is 22.9 Å². The lowest BCUT2D eigenvalue weighted by Gasteiger charge is -2.10. The van der Waals surface area contributed by atoms with E-state index in [1.165, 1.54) is 12.8 Å². The van der Waals surface area contributed by atoms with Crippen LogP contribution in [-0.4, -0.2) is 11.9 Å². The molecule has 1 saturated carbocycles. The van der Waals surface area contributed by atoms with Gasteiger partial charge in [0, 0.05) is 6.04 Å². The Balaban J connectivity index is 2.03. The topological polar surface area (TPSA) is 52.9 Å². The fourth-order valence-corrected chi connectivity index (χ4v) is 2.62. The van der Waals surface area contributed by atoms with E-state index in [9.17, 15) is 4.79 Å². The molecule has 0 saturated heterocycles. The molecule has 1 aliphatic rings. The van der Waals surface area contributed by atoms with E-state index < -0.39 is 0 Å². The summed E-state index contributed by atoms with van der Waals surface area (Å²) < 4.78 is 0. The van der Waals surface area contributed by atoms with Crippen LogP contribution in [0.1, 0.15) is 31.2 Å². The zero-order valence-electron chi connectivity index (χ0n) is 9.48. The fraction of sp³-hybridized carbons (Fsp3) is 0.385. The maximum absolute atomic E-state index is 11.9. The van der Waals surface area contributed by atoms with Crippen LogP contribution in [0.4, 0.5) is 0 Å². The summed E-state index contributed by atoms with van der Waals surface area (Å²) in [7, 11) is 0. The monoisotopic (exact) mass is 246 g/mol. The minimum absolute atomic E-state index is 0.190. The number of carbonyl (C=O) groups is 1. The SMILES string of the molecule is N#C/C(=C/c1ccsc1)C(=O)NC1CCCC1. The quantitative estimate of drug-likeness (QED) is 0.658. The van der Waals surface area contributed by atoms with E-state index in [0.29, 0.717) is 0 Å². The Morgan fingerprint density at radius 2 is 2.29 bits per heavy atom. The molecular formula is C13H14N2OS. The second kappa shape index (κ2) is 5.65. The molecule has 1 aliphatic carbocycles. The van der Waals surface area contributed by atoms with Crippen LogP contribution in [-0.2, 0) is 4.79 Å². The van der Waals surface area contributed by atoms with Gasteiger partial charge >= 0.3 is 0 Å². The number of nitrogens with zero attached hydrogens (tertiary/aromatic N) is 1. The lowest BCUT2D eigenvalue weighted by Crippen LogP contribution is -2.33. The molecule has 0 bridgehead atoms. The maximum atomic E-state index is 11.9. The van der Waals surface area contributed by atoms with Crippen molar-refractivity contribution < 1.29 is 4.79 Å². The van der Waals surface area contributed by atoms with Crippen molar-refractivity contribution >= 4 is 23.3 Å². The minimum Gasteiger partial charge on any atom is -0.349 e. The zero-order valence-corrected chi connectivity index (χ0v) is 10.3. The summed E-state index contributed by atoms with van der Waals surface area (Å²) in [6.45, 7) is 0. The van der Waals surface area contributed by atoms with Crippen LogP contribution in [0.3, 0.4) is 0 Å². The van der Waals surface area contributed by atoms with E-state index in [2.05, 4.69) is 5.32 Å². The summed E-state index contributed by atoms with van der Waals surface area (Å²) in [5, 5.41) is 15.8. The highest BCUT2D eigenvalue weighted by Gasteiger charge is 2.19. The van der Waals surface area contributed by atoms with Crippen molar-refractivity contribution in [2.24, 2.45) is 0 Å². The normalized spacial score (nSPS) is 16.8. The molecule has 3 nitrogen and oxygen atoms in total. The Morgan fingerprint density at radius 1 is 1.53 bits per heavy atom. The summed E-state index contributed by atoms with van der Waals surface area (Å²) in [6.07, 6.45) is 6.04. The van der Waals surface area contributed by atoms with Crippen molar-refractivity contribution in [3.63, 3.8) is 0 Å². The van der Waals surface area contributed by atoms with Crippen molar-refractivity contribution in [2.45, 2.75) is 31.7 Å². The van der Waals surface area contributed by atoms with Gasteiger partial charge in [-0.05, 0) is 41.3 Å². The number of carbonyl (C=O) groups excluding carboxylic acids is 1. The minimum atomic E-state index is -0.245. The Hall–Kier alpha value is -1.60. The van der Waals surface area contributed by atoms with Gasteiger partial charge < -0.3 is 5.32 Å². The molecule has 1 amide bonds. The van der Waals surface area contributed by atoms with Crippen LogP contribution in [0.2, 0.25) is 0 Å². The van der Waals surface area contributed by atoms with Gasteiger partial charge in [0.05, 0.1) is 0 Å². The molecule has 1 heterocycles. The van der Waals surface area contributed by atoms with E-state index >= 15 is 0 Å². The molecule has 17 heavy (non-hydrogen) atoms. The summed E-state index contributed by atoms with van der Waals surface area (Å²) in [4.78, 5) is 11.9. The molecule has 1 aromatic heterocycles. The lowest BCUT2D eigenvalue weighted by molar-refractivity contribution is -0.117. The predicted molar refractivity (Wildman–Crippen MR) is 68.3 cm³/mol. The van der Waals surface area contributed by atoms with Gasteiger partial charge in [0.2, 0.25) is 0 Å². The summed E-state index contributed by atoms with van der Waals surface area (Å²) in [6, 6.07) is 4.11. The van der Waals surface area contributed by atoms with Gasteiger partial charge in [-0.1, -0.05) is 12.8 Å². The maximum Gasteiger partial charge on any atom is 0.262 e. The van der Waals surface area contributed by atoms with Crippen molar-refractivity contribution in [1.29, 1.82) is 5.26 Å². The first-order valence-corrected chi connectivity index (χ1v) is 6.69. The molecule has 1 fully saturated rings. The Labute approximate surface area is 105 Å². The van der Waals surface area contributed by atoms with Crippen LogP contribution in [0.5, 0.6) is 0 Å². The Bertz CT molecular complexity index is 450. The van der Waals surface area contributed by atoms with Gasteiger partial charge in [0.1, 0.15) is 11.6 Å². The van der Waals surface area contributed by atoms with Gasteiger partial charge in [-0.25, -0.2) is 0 Å². The first-order chi connectivity index (χ1) is 8.29. The molecule has 88 valence electrons. The third-order valence-electron chi connectivity index (χ3n) is 2.91. The number of hydrogen-bond acceptors (Lipinski definition) is 3. The first-order valence-electron chi connectivity index (χ1n) is 5.74. The van der Waals surface area contributed by atoms with E-state index in [-0.39, 0.29) is 17.5 Å². The average Bonchev–Trinajstić information content (AvgIpc) is 2.97. The van der Waals surface area contributed by atoms with E-state index in [4.69, 9.17) is 5.26 Å². The molecule has 0 aliphatic heterocycles. The number of nitriles is 1. The van der Waals surface area contributed by atoms with Gasteiger partial charge in [-0.3, -0.25) is 4.79 Å². The molecule has 0 unspecified atom stereocenters. The predicted octanol–water partition coefficient (Wildman–Crippen LogP) is 2.71. The number of nitrogens with one attached hydrogen (secondary N) is 1. The van der Waals surface area contributed by atoms with Gasteiger partial charge in [0.25, 0.3) is 5.91 Å². The molecule has 0 radical (unpaired) electrons. The smallest absolute Gasteiger partial charge is 0.262 e. The largest absolute Gasteiger partial charge is 0.349 e.